The molecule has 2 amide bonds. The molecule has 0 bridgehead atoms. The Morgan fingerprint density at radius 1 is 1.22 bits per heavy atom. The minimum atomic E-state index is -0.543. The van der Waals surface area contributed by atoms with E-state index in [0.717, 1.165) is 16.3 Å². The van der Waals surface area contributed by atoms with E-state index in [4.69, 9.17) is 0 Å². The number of aromatic nitrogens is 2. The minimum absolute atomic E-state index is 0.0503. The van der Waals surface area contributed by atoms with Gasteiger partial charge >= 0.3 is 0 Å². The van der Waals surface area contributed by atoms with Gasteiger partial charge in [0.05, 0.1) is 17.0 Å². The number of rotatable bonds is 4. The summed E-state index contributed by atoms with van der Waals surface area (Å²) < 4.78 is 14.6. The summed E-state index contributed by atoms with van der Waals surface area (Å²) in [4.78, 5) is 34.1. The molecule has 2 N–H and O–H groups in total. The third kappa shape index (κ3) is 3.40. The molecule has 1 aliphatic heterocycles. The summed E-state index contributed by atoms with van der Waals surface area (Å²) in [6, 6.07) is 15.6. The van der Waals surface area contributed by atoms with Crippen molar-refractivity contribution in [2.24, 2.45) is 5.10 Å². The standard InChI is InChI=1S/C23H18FN5O2S/c1-2-29-19(30)12-32-23(29)28-27-22(31)18-11-15-13-7-4-6-10-17(13)25-21(15)20(26-18)14-8-3-5-9-16(14)24/h3-11,25H,2,12H2,1H3,(H,27,31)/b28-23-. The van der Waals surface area contributed by atoms with Gasteiger partial charge in [-0.05, 0) is 31.2 Å². The van der Waals surface area contributed by atoms with Gasteiger partial charge in [-0.3, -0.25) is 14.5 Å². The Kier molecular flexibility index (Phi) is 5.10. The Bertz CT molecular complexity index is 1410. The molecule has 3 heterocycles. The van der Waals surface area contributed by atoms with Crippen LogP contribution in [0.1, 0.15) is 17.4 Å². The number of carbonyl (C=O) groups is 2. The van der Waals surface area contributed by atoms with Crippen molar-refractivity contribution in [3.63, 3.8) is 0 Å². The molecule has 0 aliphatic carbocycles. The van der Waals surface area contributed by atoms with Gasteiger partial charge in [0, 0.05) is 28.4 Å². The van der Waals surface area contributed by atoms with Crippen molar-refractivity contribution in [1.82, 2.24) is 20.3 Å². The van der Waals surface area contributed by atoms with E-state index in [0.29, 0.717) is 34.2 Å². The van der Waals surface area contributed by atoms with Crippen LogP contribution in [0.2, 0.25) is 0 Å². The van der Waals surface area contributed by atoms with E-state index in [2.05, 4.69) is 20.5 Å². The van der Waals surface area contributed by atoms with Gasteiger partial charge in [-0.25, -0.2) is 14.8 Å². The van der Waals surface area contributed by atoms with Crippen molar-refractivity contribution < 1.29 is 14.0 Å². The van der Waals surface area contributed by atoms with E-state index >= 15 is 0 Å². The van der Waals surface area contributed by atoms with Gasteiger partial charge in [-0.15, -0.1) is 5.10 Å². The van der Waals surface area contributed by atoms with Crippen LogP contribution >= 0.6 is 11.8 Å². The molecule has 160 valence electrons. The van der Waals surface area contributed by atoms with Crippen molar-refractivity contribution in [3.05, 3.63) is 66.1 Å². The highest BCUT2D eigenvalue weighted by Gasteiger charge is 2.27. The maximum absolute atomic E-state index is 14.6. The average Bonchev–Trinajstić information content (AvgIpc) is 3.37. The van der Waals surface area contributed by atoms with Crippen LogP contribution in [0.5, 0.6) is 0 Å². The van der Waals surface area contributed by atoms with E-state index < -0.39 is 11.7 Å². The predicted octanol–water partition coefficient (Wildman–Crippen LogP) is 4.12. The Hall–Kier alpha value is -3.72. The van der Waals surface area contributed by atoms with Crippen molar-refractivity contribution in [1.29, 1.82) is 0 Å². The van der Waals surface area contributed by atoms with E-state index in [1.165, 1.54) is 22.7 Å². The average molecular weight is 447 g/mol. The number of hydrogen-bond acceptors (Lipinski definition) is 5. The summed E-state index contributed by atoms with van der Waals surface area (Å²) in [6.07, 6.45) is 0. The Morgan fingerprint density at radius 3 is 2.81 bits per heavy atom. The lowest BCUT2D eigenvalue weighted by molar-refractivity contribution is -0.123. The van der Waals surface area contributed by atoms with Crippen LogP contribution < -0.4 is 5.43 Å². The molecule has 1 aliphatic rings. The summed E-state index contributed by atoms with van der Waals surface area (Å²) >= 11 is 1.26. The molecule has 32 heavy (non-hydrogen) atoms. The number of thioether (sulfide) groups is 1. The normalized spacial score (nSPS) is 15.2. The van der Waals surface area contributed by atoms with E-state index in [1.54, 1.807) is 24.3 Å². The topological polar surface area (TPSA) is 90.5 Å². The molecule has 4 aromatic rings. The quantitative estimate of drug-likeness (QED) is 0.461. The summed E-state index contributed by atoms with van der Waals surface area (Å²) in [5.74, 6) is -0.736. The number of halogens is 1. The first-order chi connectivity index (χ1) is 15.6. The lowest BCUT2D eigenvalue weighted by Gasteiger charge is -2.12. The fourth-order valence-corrected chi connectivity index (χ4v) is 4.66. The van der Waals surface area contributed by atoms with Gasteiger partial charge in [0.15, 0.2) is 5.17 Å². The van der Waals surface area contributed by atoms with Crippen LogP contribution in [-0.4, -0.2) is 44.1 Å². The second-order valence-electron chi connectivity index (χ2n) is 7.19. The predicted molar refractivity (Wildman–Crippen MR) is 124 cm³/mol. The number of carbonyl (C=O) groups excluding carboxylic acids is 2. The molecular weight excluding hydrogens is 429 g/mol. The molecule has 5 rings (SSSR count). The highest BCUT2D eigenvalue weighted by molar-refractivity contribution is 8.15. The Labute approximate surface area is 186 Å². The van der Waals surface area contributed by atoms with Gasteiger partial charge < -0.3 is 4.98 Å². The smallest absolute Gasteiger partial charge is 0.290 e. The van der Waals surface area contributed by atoms with Crippen molar-refractivity contribution in [2.75, 3.05) is 12.3 Å². The number of amidine groups is 1. The molecule has 1 saturated heterocycles. The largest absolute Gasteiger partial charge is 0.353 e. The van der Waals surface area contributed by atoms with E-state index in [9.17, 15) is 14.0 Å². The molecule has 0 radical (unpaired) electrons. The van der Waals surface area contributed by atoms with Gasteiger partial charge in [0.25, 0.3) is 5.91 Å². The van der Waals surface area contributed by atoms with Gasteiger partial charge in [0.2, 0.25) is 5.91 Å². The number of benzene rings is 2. The highest BCUT2D eigenvalue weighted by Crippen LogP contribution is 2.33. The molecule has 0 spiro atoms. The first-order valence-electron chi connectivity index (χ1n) is 10.0. The maximum atomic E-state index is 14.6. The summed E-state index contributed by atoms with van der Waals surface area (Å²) in [5, 5.41) is 6.21. The zero-order valence-electron chi connectivity index (χ0n) is 17.1. The zero-order valence-corrected chi connectivity index (χ0v) is 17.9. The van der Waals surface area contributed by atoms with E-state index in [-0.39, 0.29) is 11.6 Å². The number of pyridine rings is 1. The first-order valence-corrected chi connectivity index (χ1v) is 11.0. The number of nitrogens with one attached hydrogen (secondary N) is 2. The summed E-state index contributed by atoms with van der Waals surface area (Å²) in [5.41, 5.74) is 4.73. The number of aromatic amines is 1. The number of fused-ring (bicyclic) bond motifs is 3. The number of nitrogens with zero attached hydrogens (tertiary/aromatic N) is 3. The molecule has 9 heteroatoms. The number of amides is 2. The lowest BCUT2D eigenvalue weighted by Crippen LogP contribution is -2.31. The zero-order chi connectivity index (χ0) is 22.2. The van der Waals surface area contributed by atoms with Gasteiger partial charge in [-0.1, -0.05) is 42.1 Å². The summed E-state index contributed by atoms with van der Waals surface area (Å²) in [7, 11) is 0. The molecule has 0 saturated carbocycles. The molecule has 2 aromatic carbocycles. The molecule has 7 nitrogen and oxygen atoms in total. The van der Waals surface area contributed by atoms with Crippen LogP contribution in [-0.2, 0) is 4.79 Å². The first kappa shape index (κ1) is 20.2. The number of para-hydroxylation sites is 1. The van der Waals surface area contributed by atoms with Crippen molar-refractivity contribution in [3.8, 4) is 11.3 Å². The van der Waals surface area contributed by atoms with Crippen LogP contribution in [0.3, 0.4) is 0 Å². The van der Waals surface area contributed by atoms with Crippen LogP contribution in [0.25, 0.3) is 33.1 Å². The second kappa shape index (κ2) is 8.08. The number of hydrazone groups is 1. The second-order valence-corrected chi connectivity index (χ2v) is 8.13. The third-order valence-electron chi connectivity index (χ3n) is 5.28. The molecular formula is C23H18FN5O2S. The lowest BCUT2D eigenvalue weighted by atomic mass is 10.1. The van der Waals surface area contributed by atoms with E-state index in [1.807, 2.05) is 31.2 Å². The fraction of sp³-hybridized carbons (Fsp3) is 0.130. The number of H-pyrrole nitrogens is 1. The SMILES string of the molecule is CCN1C(=O)CS/C1=N\NC(=O)c1cc2c([nH]c3ccccc32)c(-c2ccccc2F)n1. The fourth-order valence-electron chi connectivity index (χ4n) is 3.76. The molecule has 2 aromatic heterocycles. The highest BCUT2D eigenvalue weighted by atomic mass is 32.2. The van der Waals surface area contributed by atoms with Gasteiger partial charge in [0.1, 0.15) is 11.5 Å². The monoisotopic (exact) mass is 447 g/mol. The third-order valence-corrected chi connectivity index (χ3v) is 6.25. The van der Waals surface area contributed by atoms with Crippen LogP contribution in [0, 0.1) is 5.82 Å². The van der Waals surface area contributed by atoms with Crippen LogP contribution in [0.4, 0.5) is 4.39 Å². The molecule has 0 unspecified atom stereocenters. The van der Waals surface area contributed by atoms with Crippen molar-refractivity contribution in [2.45, 2.75) is 6.92 Å². The maximum Gasteiger partial charge on any atom is 0.290 e. The summed E-state index contributed by atoms with van der Waals surface area (Å²) in [6.45, 7) is 2.31. The molecule has 1 fully saturated rings. The molecule has 0 atom stereocenters. The van der Waals surface area contributed by atoms with Gasteiger partial charge in [-0.2, -0.15) is 0 Å². The Balaban J connectivity index is 1.62. The number of hydrogen-bond donors (Lipinski definition) is 2. The minimum Gasteiger partial charge on any atom is -0.353 e. The Morgan fingerprint density at radius 2 is 2.00 bits per heavy atom. The van der Waals surface area contributed by atoms with Crippen molar-refractivity contribution >= 4 is 50.5 Å². The van der Waals surface area contributed by atoms with Crippen LogP contribution in [0.15, 0.2) is 59.7 Å².